The van der Waals surface area contributed by atoms with Crippen LogP contribution in [0.25, 0.3) is 0 Å². The van der Waals surface area contributed by atoms with Crippen LogP contribution in [0.1, 0.15) is 58.3 Å². The van der Waals surface area contributed by atoms with Gasteiger partial charge < -0.3 is 5.32 Å². The molecular formula is C16H26N2O2. The maximum absolute atomic E-state index is 12.8. The predicted molar refractivity (Wildman–Crippen MR) is 77.0 cm³/mol. The zero-order valence-electron chi connectivity index (χ0n) is 12.5. The second-order valence-electron chi connectivity index (χ2n) is 7.01. The van der Waals surface area contributed by atoms with Gasteiger partial charge in [-0.05, 0) is 38.1 Å². The Labute approximate surface area is 121 Å². The van der Waals surface area contributed by atoms with Crippen molar-refractivity contribution in [2.24, 2.45) is 11.3 Å². The number of piperidine rings is 1. The number of carbonyl (C=O) groups is 2. The highest BCUT2D eigenvalue weighted by Crippen LogP contribution is 2.45. The Bertz CT molecular complexity index is 401. The normalized spacial score (nSPS) is 34.0. The topological polar surface area (TPSA) is 49.4 Å². The zero-order valence-corrected chi connectivity index (χ0v) is 12.5. The second-order valence-corrected chi connectivity index (χ2v) is 7.01. The molecule has 2 amide bonds. The molecule has 2 atom stereocenters. The average Bonchev–Trinajstić information content (AvgIpc) is 2.66. The first-order valence-corrected chi connectivity index (χ1v) is 8.21. The molecule has 1 saturated carbocycles. The third kappa shape index (κ3) is 2.39. The Hall–Kier alpha value is -0.900. The van der Waals surface area contributed by atoms with E-state index in [9.17, 15) is 9.59 Å². The molecule has 2 heterocycles. The highest BCUT2D eigenvalue weighted by molar-refractivity contribution is 6.06. The predicted octanol–water partition coefficient (Wildman–Crippen LogP) is 2.08. The van der Waals surface area contributed by atoms with E-state index in [1.165, 1.54) is 19.3 Å². The molecule has 112 valence electrons. The molecule has 0 aromatic rings. The largest absolute Gasteiger partial charge is 0.312 e. The number of likely N-dealkylation sites (tertiary alicyclic amines) is 1. The van der Waals surface area contributed by atoms with E-state index in [4.69, 9.17) is 0 Å². The minimum Gasteiger partial charge on any atom is -0.312 e. The molecule has 0 radical (unpaired) electrons. The second kappa shape index (κ2) is 5.47. The van der Waals surface area contributed by atoms with Crippen LogP contribution in [0.15, 0.2) is 0 Å². The summed E-state index contributed by atoms with van der Waals surface area (Å²) in [6, 6.07) is 0.287. The standard InChI is InChI=1S/C16H26N2O2/c1-12-6-5-9-17-13(12)11-18-14(19)10-16(15(18)20)7-3-2-4-8-16/h12-13,17H,2-11H2,1H3. The highest BCUT2D eigenvalue weighted by Gasteiger charge is 2.51. The summed E-state index contributed by atoms with van der Waals surface area (Å²) < 4.78 is 0. The average molecular weight is 278 g/mol. The van der Waals surface area contributed by atoms with Crippen molar-refractivity contribution in [1.29, 1.82) is 0 Å². The maximum atomic E-state index is 12.8. The SMILES string of the molecule is CC1CCCNC1CN1C(=O)CC2(CCCCC2)C1=O. The van der Waals surface area contributed by atoms with Crippen molar-refractivity contribution in [3.8, 4) is 0 Å². The summed E-state index contributed by atoms with van der Waals surface area (Å²) in [5, 5.41) is 3.48. The number of rotatable bonds is 2. The van der Waals surface area contributed by atoms with Crippen molar-refractivity contribution in [3.05, 3.63) is 0 Å². The molecule has 3 rings (SSSR count). The van der Waals surface area contributed by atoms with Gasteiger partial charge in [0.1, 0.15) is 0 Å². The molecule has 2 aliphatic heterocycles. The van der Waals surface area contributed by atoms with Gasteiger partial charge in [0.15, 0.2) is 0 Å². The minimum absolute atomic E-state index is 0.0662. The van der Waals surface area contributed by atoms with Crippen LogP contribution >= 0.6 is 0 Å². The molecule has 20 heavy (non-hydrogen) atoms. The van der Waals surface area contributed by atoms with E-state index in [0.29, 0.717) is 18.9 Å². The lowest BCUT2D eigenvalue weighted by Gasteiger charge is -2.34. The van der Waals surface area contributed by atoms with Crippen molar-refractivity contribution in [3.63, 3.8) is 0 Å². The summed E-state index contributed by atoms with van der Waals surface area (Å²) in [4.78, 5) is 26.6. The highest BCUT2D eigenvalue weighted by atomic mass is 16.2. The quantitative estimate of drug-likeness (QED) is 0.787. The van der Waals surface area contributed by atoms with Crippen LogP contribution in [-0.4, -0.2) is 35.8 Å². The van der Waals surface area contributed by atoms with Crippen molar-refractivity contribution in [2.45, 2.75) is 64.3 Å². The van der Waals surface area contributed by atoms with Crippen LogP contribution in [-0.2, 0) is 9.59 Å². The van der Waals surface area contributed by atoms with Gasteiger partial charge in [-0.15, -0.1) is 0 Å². The third-order valence-electron chi connectivity index (χ3n) is 5.61. The fourth-order valence-corrected chi connectivity index (χ4v) is 4.22. The molecule has 0 aromatic heterocycles. The van der Waals surface area contributed by atoms with Crippen molar-refractivity contribution < 1.29 is 9.59 Å². The van der Waals surface area contributed by atoms with Gasteiger partial charge in [0.2, 0.25) is 11.8 Å². The molecule has 1 N–H and O–H groups in total. The Morgan fingerprint density at radius 3 is 2.65 bits per heavy atom. The lowest BCUT2D eigenvalue weighted by Crippen LogP contribution is -2.50. The van der Waals surface area contributed by atoms with Crippen LogP contribution in [0.2, 0.25) is 0 Å². The number of imide groups is 1. The van der Waals surface area contributed by atoms with Crippen LogP contribution < -0.4 is 5.32 Å². The van der Waals surface area contributed by atoms with Gasteiger partial charge >= 0.3 is 0 Å². The molecule has 2 unspecified atom stereocenters. The van der Waals surface area contributed by atoms with Crippen molar-refractivity contribution in [2.75, 3.05) is 13.1 Å². The molecule has 0 aromatic carbocycles. The van der Waals surface area contributed by atoms with E-state index in [-0.39, 0.29) is 23.3 Å². The lowest BCUT2D eigenvalue weighted by atomic mass is 9.73. The molecule has 4 nitrogen and oxygen atoms in total. The number of amides is 2. The van der Waals surface area contributed by atoms with Gasteiger partial charge in [-0.25, -0.2) is 0 Å². The Balaban J connectivity index is 1.70. The van der Waals surface area contributed by atoms with Gasteiger partial charge in [-0.1, -0.05) is 26.2 Å². The van der Waals surface area contributed by atoms with E-state index < -0.39 is 0 Å². The van der Waals surface area contributed by atoms with E-state index in [2.05, 4.69) is 12.2 Å². The van der Waals surface area contributed by atoms with Gasteiger partial charge in [-0.3, -0.25) is 14.5 Å². The summed E-state index contributed by atoms with van der Waals surface area (Å²) in [6.07, 6.45) is 8.11. The van der Waals surface area contributed by atoms with Crippen molar-refractivity contribution in [1.82, 2.24) is 10.2 Å². The van der Waals surface area contributed by atoms with Crippen LogP contribution in [0, 0.1) is 11.3 Å². The summed E-state index contributed by atoms with van der Waals surface area (Å²) >= 11 is 0. The Morgan fingerprint density at radius 2 is 1.95 bits per heavy atom. The van der Waals surface area contributed by atoms with Gasteiger partial charge in [-0.2, -0.15) is 0 Å². The first kappa shape index (κ1) is 14.1. The molecule has 3 fully saturated rings. The number of hydrogen-bond donors (Lipinski definition) is 1. The molecule has 3 aliphatic rings. The minimum atomic E-state index is -0.326. The van der Waals surface area contributed by atoms with Crippen molar-refractivity contribution >= 4 is 11.8 Å². The van der Waals surface area contributed by atoms with E-state index in [1.54, 1.807) is 4.90 Å². The summed E-state index contributed by atoms with van der Waals surface area (Å²) in [7, 11) is 0. The molecule has 2 saturated heterocycles. The van der Waals surface area contributed by atoms with Gasteiger partial charge in [0, 0.05) is 19.0 Å². The summed E-state index contributed by atoms with van der Waals surface area (Å²) in [5.74, 6) is 0.741. The van der Waals surface area contributed by atoms with E-state index in [1.807, 2.05) is 0 Å². The smallest absolute Gasteiger partial charge is 0.235 e. The molecule has 1 aliphatic carbocycles. The molecule has 0 bridgehead atoms. The number of nitrogens with zero attached hydrogens (tertiary/aromatic N) is 1. The first-order chi connectivity index (χ1) is 9.62. The maximum Gasteiger partial charge on any atom is 0.235 e. The fourth-order valence-electron chi connectivity index (χ4n) is 4.22. The number of carbonyl (C=O) groups excluding carboxylic acids is 2. The zero-order chi connectivity index (χ0) is 14.2. The first-order valence-electron chi connectivity index (χ1n) is 8.21. The monoisotopic (exact) mass is 278 g/mol. The molecule has 4 heteroatoms. The molecule has 1 spiro atoms. The number of hydrogen-bond acceptors (Lipinski definition) is 3. The summed E-state index contributed by atoms with van der Waals surface area (Å²) in [5.41, 5.74) is -0.326. The lowest BCUT2D eigenvalue weighted by molar-refractivity contribution is -0.142. The number of nitrogens with one attached hydrogen (secondary N) is 1. The van der Waals surface area contributed by atoms with E-state index >= 15 is 0 Å². The Morgan fingerprint density at radius 1 is 1.20 bits per heavy atom. The fraction of sp³-hybridized carbons (Fsp3) is 0.875. The van der Waals surface area contributed by atoms with Crippen LogP contribution in [0.5, 0.6) is 0 Å². The van der Waals surface area contributed by atoms with Crippen LogP contribution in [0.4, 0.5) is 0 Å². The van der Waals surface area contributed by atoms with E-state index in [0.717, 1.165) is 32.2 Å². The summed E-state index contributed by atoms with van der Waals surface area (Å²) in [6.45, 7) is 3.81. The Kier molecular flexibility index (Phi) is 3.85. The molecular weight excluding hydrogens is 252 g/mol. The van der Waals surface area contributed by atoms with Gasteiger partial charge in [0.05, 0.1) is 5.41 Å². The van der Waals surface area contributed by atoms with Gasteiger partial charge in [0.25, 0.3) is 0 Å². The van der Waals surface area contributed by atoms with Crippen LogP contribution in [0.3, 0.4) is 0 Å². The third-order valence-corrected chi connectivity index (χ3v) is 5.61.